The molecule has 7 heteroatoms. The Bertz CT molecular complexity index is 740. The maximum atomic E-state index is 11.6. The van der Waals surface area contributed by atoms with E-state index < -0.39 is 0 Å². The lowest BCUT2D eigenvalue weighted by Gasteiger charge is -2.34. The predicted octanol–water partition coefficient (Wildman–Crippen LogP) is 3.52. The second-order valence-corrected chi connectivity index (χ2v) is 6.32. The third-order valence-corrected chi connectivity index (χ3v) is 4.56. The molecule has 0 spiro atoms. The molecule has 0 radical (unpaired) electrons. The van der Waals surface area contributed by atoms with Crippen molar-refractivity contribution in [3.8, 4) is 11.3 Å². The Labute approximate surface area is 151 Å². The van der Waals surface area contributed by atoms with Gasteiger partial charge < -0.3 is 14.8 Å². The maximum absolute atomic E-state index is 11.6. The van der Waals surface area contributed by atoms with Gasteiger partial charge in [0.2, 0.25) is 0 Å². The van der Waals surface area contributed by atoms with Gasteiger partial charge in [0.25, 0.3) is 5.56 Å². The van der Waals surface area contributed by atoms with Gasteiger partial charge in [-0.2, -0.15) is 0 Å². The molecule has 1 fully saturated rings. The number of piperazine rings is 1. The highest BCUT2D eigenvalue weighted by molar-refractivity contribution is 6.33. The van der Waals surface area contributed by atoms with E-state index >= 15 is 0 Å². The fourth-order valence-corrected chi connectivity index (χ4v) is 3.01. The Morgan fingerprint density at radius 2 is 1.70 bits per heavy atom. The molecule has 23 heavy (non-hydrogen) atoms. The van der Waals surface area contributed by atoms with Crippen molar-refractivity contribution >= 4 is 41.3 Å². The van der Waals surface area contributed by atoms with Gasteiger partial charge >= 0.3 is 0 Å². The van der Waals surface area contributed by atoms with Crippen molar-refractivity contribution in [2.75, 3.05) is 38.1 Å². The van der Waals surface area contributed by atoms with Gasteiger partial charge in [-0.25, -0.2) is 0 Å². The molecule has 1 aromatic carbocycles. The van der Waals surface area contributed by atoms with Crippen LogP contribution < -0.4 is 10.5 Å². The number of nitrogens with zero attached hydrogens (tertiary/aromatic N) is 2. The van der Waals surface area contributed by atoms with Crippen LogP contribution >= 0.6 is 35.6 Å². The van der Waals surface area contributed by atoms with E-state index in [0.717, 1.165) is 37.4 Å². The summed E-state index contributed by atoms with van der Waals surface area (Å²) in [6.07, 6.45) is 0. The third-order valence-electron chi connectivity index (χ3n) is 3.96. The number of nitrogens with one attached hydrogen (secondary N) is 1. The van der Waals surface area contributed by atoms with Crippen LogP contribution in [0.4, 0.5) is 5.69 Å². The van der Waals surface area contributed by atoms with Crippen LogP contribution in [0.5, 0.6) is 0 Å². The first-order valence-electron chi connectivity index (χ1n) is 7.17. The first-order valence-corrected chi connectivity index (χ1v) is 7.92. The minimum absolute atomic E-state index is 0. The summed E-state index contributed by atoms with van der Waals surface area (Å²) in [4.78, 5) is 19.0. The molecule has 0 saturated carbocycles. The van der Waals surface area contributed by atoms with E-state index in [-0.39, 0.29) is 23.0 Å². The smallest absolute Gasteiger partial charge is 0.267 e. The number of halogens is 3. The van der Waals surface area contributed by atoms with E-state index in [4.69, 9.17) is 23.2 Å². The molecule has 1 aliphatic rings. The topological polar surface area (TPSA) is 39.3 Å². The molecule has 1 saturated heterocycles. The van der Waals surface area contributed by atoms with Crippen molar-refractivity contribution in [2.45, 2.75) is 0 Å². The molecule has 0 aliphatic carbocycles. The zero-order valence-electron chi connectivity index (χ0n) is 12.7. The van der Waals surface area contributed by atoms with Crippen molar-refractivity contribution in [1.29, 1.82) is 0 Å². The normalized spacial score (nSPS) is 15.3. The minimum Gasteiger partial charge on any atom is -0.368 e. The summed E-state index contributed by atoms with van der Waals surface area (Å²) in [5.41, 5.74) is 2.33. The molecule has 0 amide bonds. The first-order chi connectivity index (χ1) is 10.5. The lowest BCUT2D eigenvalue weighted by molar-refractivity contribution is 0.313. The van der Waals surface area contributed by atoms with Gasteiger partial charge in [-0.1, -0.05) is 29.3 Å². The highest BCUT2D eigenvalue weighted by Crippen LogP contribution is 2.31. The molecule has 0 bridgehead atoms. The van der Waals surface area contributed by atoms with E-state index in [1.54, 1.807) is 12.1 Å². The van der Waals surface area contributed by atoms with Crippen LogP contribution in [0.1, 0.15) is 0 Å². The Kier molecular flexibility index (Phi) is 5.98. The molecule has 2 heterocycles. The van der Waals surface area contributed by atoms with Crippen LogP contribution in [0.25, 0.3) is 11.3 Å². The lowest BCUT2D eigenvalue weighted by atomic mass is 10.1. The highest BCUT2D eigenvalue weighted by Gasteiger charge is 2.17. The highest BCUT2D eigenvalue weighted by atomic mass is 35.5. The summed E-state index contributed by atoms with van der Waals surface area (Å²) < 4.78 is 0. The summed E-state index contributed by atoms with van der Waals surface area (Å²) in [5.74, 6) is 0. The summed E-state index contributed by atoms with van der Waals surface area (Å²) in [6.45, 7) is 3.99. The third kappa shape index (κ3) is 4.01. The van der Waals surface area contributed by atoms with E-state index in [1.807, 2.05) is 18.2 Å². The van der Waals surface area contributed by atoms with Crippen LogP contribution in [-0.2, 0) is 0 Å². The maximum Gasteiger partial charge on any atom is 0.267 e. The van der Waals surface area contributed by atoms with Gasteiger partial charge in [-0.05, 0) is 36.9 Å². The summed E-state index contributed by atoms with van der Waals surface area (Å²) in [7, 11) is 2.12. The fraction of sp³-hybridized carbons (Fsp3) is 0.312. The van der Waals surface area contributed by atoms with Crippen molar-refractivity contribution < 1.29 is 0 Å². The first kappa shape index (κ1) is 18.1. The van der Waals surface area contributed by atoms with Crippen LogP contribution in [0.2, 0.25) is 10.0 Å². The SMILES string of the molecule is CN1CCN(c2ccc(-c3ccc(Cl)c(=O)[nH]3)cc2Cl)CC1.Cl. The van der Waals surface area contributed by atoms with E-state index in [0.29, 0.717) is 10.7 Å². The molecular formula is C16H18Cl3N3O. The van der Waals surface area contributed by atoms with Crippen LogP contribution in [0.15, 0.2) is 35.1 Å². The van der Waals surface area contributed by atoms with Gasteiger partial charge in [0.1, 0.15) is 5.02 Å². The fourth-order valence-electron chi connectivity index (χ4n) is 2.60. The summed E-state index contributed by atoms with van der Waals surface area (Å²) >= 11 is 12.2. The zero-order valence-corrected chi connectivity index (χ0v) is 15.0. The molecule has 124 valence electrons. The van der Waals surface area contributed by atoms with Crippen molar-refractivity contribution in [1.82, 2.24) is 9.88 Å². The van der Waals surface area contributed by atoms with E-state index in [9.17, 15) is 4.79 Å². The molecule has 1 aromatic heterocycles. The Morgan fingerprint density at radius 1 is 1.00 bits per heavy atom. The quantitative estimate of drug-likeness (QED) is 0.874. The van der Waals surface area contributed by atoms with Gasteiger partial charge in [0.05, 0.1) is 10.7 Å². The van der Waals surface area contributed by atoms with Gasteiger partial charge in [-0.15, -0.1) is 12.4 Å². The Morgan fingerprint density at radius 3 is 2.30 bits per heavy atom. The number of pyridine rings is 1. The van der Waals surface area contributed by atoms with E-state index in [1.165, 1.54) is 0 Å². The standard InChI is InChI=1S/C16H17Cl2N3O.ClH/c1-20-6-8-21(9-7-20)15-5-2-11(10-13(15)18)14-4-3-12(17)16(22)19-14;/h2-5,10H,6-9H2,1H3,(H,19,22);1H. The largest absolute Gasteiger partial charge is 0.368 e. The van der Waals surface area contributed by atoms with Crippen LogP contribution in [0.3, 0.4) is 0 Å². The van der Waals surface area contributed by atoms with Crippen molar-refractivity contribution in [2.24, 2.45) is 0 Å². The monoisotopic (exact) mass is 373 g/mol. The minimum atomic E-state index is -0.293. The summed E-state index contributed by atoms with van der Waals surface area (Å²) in [6, 6.07) is 9.24. The number of hydrogen-bond donors (Lipinski definition) is 1. The molecule has 0 unspecified atom stereocenters. The molecular weight excluding hydrogens is 357 g/mol. The van der Waals surface area contributed by atoms with Gasteiger partial charge in [-0.3, -0.25) is 4.79 Å². The van der Waals surface area contributed by atoms with Crippen molar-refractivity contribution in [3.05, 3.63) is 50.7 Å². The van der Waals surface area contributed by atoms with Crippen LogP contribution in [0, 0.1) is 0 Å². The number of anilines is 1. The number of likely N-dealkylation sites (N-methyl/N-ethyl adjacent to an activating group) is 1. The van der Waals surface area contributed by atoms with Crippen molar-refractivity contribution in [3.63, 3.8) is 0 Å². The number of rotatable bonds is 2. The van der Waals surface area contributed by atoms with E-state index in [2.05, 4.69) is 21.8 Å². The Hall–Kier alpha value is -1.20. The van der Waals surface area contributed by atoms with Gasteiger partial charge in [0.15, 0.2) is 0 Å². The molecule has 3 rings (SSSR count). The molecule has 0 atom stereocenters. The second kappa shape index (κ2) is 7.58. The molecule has 1 N–H and O–H groups in total. The average molecular weight is 375 g/mol. The lowest BCUT2D eigenvalue weighted by Crippen LogP contribution is -2.44. The van der Waals surface area contributed by atoms with Crippen LogP contribution in [-0.4, -0.2) is 43.1 Å². The number of hydrogen-bond acceptors (Lipinski definition) is 3. The molecule has 4 nitrogen and oxygen atoms in total. The number of H-pyrrole nitrogens is 1. The predicted molar refractivity (Wildman–Crippen MR) is 99.5 cm³/mol. The number of aromatic amines is 1. The van der Waals surface area contributed by atoms with Gasteiger partial charge in [0, 0.05) is 31.9 Å². The second-order valence-electron chi connectivity index (χ2n) is 5.51. The average Bonchev–Trinajstić information content (AvgIpc) is 2.51. The Balaban J connectivity index is 0.00000192. The number of benzene rings is 1. The summed E-state index contributed by atoms with van der Waals surface area (Å²) in [5, 5.41) is 0.877. The number of aromatic nitrogens is 1. The molecule has 1 aliphatic heterocycles. The zero-order chi connectivity index (χ0) is 15.7. The molecule has 2 aromatic rings.